The number of sulfonamides is 1. The summed E-state index contributed by atoms with van der Waals surface area (Å²) >= 11 is 0. The van der Waals surface area contributed by atoms with Crippen molar-refractivity contribution in [1.29, 1.82) is 0 Å². The minimum atomic E-state index is -3.72. The molecule has 1 aromatic carbocycles. The zero-order chi connectivity index (χ0) is 15.5. The molecule has 2 rings (SSSR count). The third kappa shape index (κ3) is 3.69. The summed E-state index contributed by atoms with van der Waals surface area (Å²) in [6, 6.07) is 3.64. The summed E-state index contributed by atoms with van der Waals surface area (Å²) in [6.07, 6.45) is 1.64. The Balaban J connectivity index is 2.17. The van der Waals surface area contributed by atoms with Crippen LogP contribution in [-0.2, 0) is 14.8 Å². The average Bonchev–Trinajstić information content (AvgIpc) is 2.97. The highest BCUT2D eigenvalue weighted by atomic mass is 32.2. The number of anilines is 1. The molecule has 116 valence electrons. The van der Waals surface area contributed by atoms with Crippen molar-refractivity contribution < 1.29 is 18.1 Å². The van der Waals surface area contributed by atoms with Gasteiger partial charge in [-0.1, -0.05) is 0 Å². The number of nitrogens with one attached hydrogen (secondary N) is 2. The minimum Gasteiger partial charge on any atom is -0.383 e. The molecule has 0 aromatic heterocycles. The van der Waals surface area contributed by atoms with Gasteiger partial charge in [0.1, 0.15) is 5.69 Å². The number of hydrogen-bond donors (Lipinski definition) is 2. The molecule has 0 saturated carbocycles. The summed E-state index contributed by atoms with van der Waals surface area (Å²) in [5.41, 5.74) is -0.0180. The topological polar surface area (TPSA) is 111 Å². The van der Waals surface area contributed by atoms with Gasteiger partial charge < -0.3 is 10.1 Å². The van der Waals surface area contributed by atoms with Crippen molar-refractivity contribution >= 4 is 21.4 Å². The molecule has 1 saturated heterocycles. The summed E-state index contributed by atoms with van der Waals surface area (Å²) < 4.78 is 32.2. The Kier molecular flexibility index (Phi) is 4.76. The molecule has 8 nitrogen and oxygen atoms in total. The molecule has 0 amide bonds. The van der Waals surface area contributed by atoms with Gasteiger partial charge in [-0.3, -0.25) is 10.1 Å². The molecule has 2 N–H and O–H groups in total. The van der Waals surface area contributed by atoms with Crippen LogP contribution in [0.1, 0.15) is 12.8 Å². The van der Waals surface area contributed by atoms with E-state index in [1.54, 1.807) is 0 Å². The number of nitro groups is 1. The number of ether oxygens (including phenoxy) is 1. The SMILES string of the molecule is CNc1cc(S(=O)(=O)NCC2CCCO2)ccc1[N+](=O)[O-]. The van der Waals surface area contributed by atoms with Gasteiger partial charge in [-0.05, 0) is 25.0 Å². The molecule has 1 aliphatic rings. The minimum absolute atomic E-state index is 0.0181. The number of nitrogens with zero attached hydrogens (tertiary/aromatic N) is 1. The summed E-state index contributed by atoms with van der Waals surface area (Å²) in [5.74, 6) is 0. The van der Waals surface area contributed by atoms with Crippen molar-refractivity contribution in [2.24, 2.45) is 0 Å². The fourth-order valence-corrected chi connectivity index (χ4v) is 3.23. The van der Waals surface area contributed by atoms with Crippen molar-refractivity contribution in [3.05, 3.63) is 28.3 Å². The third-order valence-corrected chi connectivity index (χ3v) is 4.69. The first-order chi connectivity index (χ1) is 9.94. The molecule has 1 aromatic rings. The van der Waals surface area contributed by atoms with E-state index < -0.39 is 14.9 Å². The largest absolute Gasteiger partial charge is 0.383 e. The van der Waals surface area contributed by atoms with Crippen molar-refractivity contribution in [1.82, 2.24) is 4.72 Å². The van der Waals surface area contributed by atoms with Gasteiger partial charge in [0.05, 0.1) is 15.9 Å². The Morgan fingerprint density at radius 3 is 2.81 bits per heavy atom. The number of nitro benzene ring substituents is 1. The second-order valence-corrected chi connectivity index (χ2v) is 6.44. The maximum atomic E-state index is 12.2. The fraction of sp³-hybridized carbons (Fsp3) is 0.500. The summed E-state index contributed by atoms with van der Waals surface area (Å²) in [5, 5.41) is 13.5. The zero-order valence-corrected chi connectivity index (χ0v) is 12.4. The third-order valence-electron chi connectivity index (χ3n) is 3.27. The van der Waals surface area contributed by atoms with E-state index in [0.717, 1.165) is 12.8 Å². The van der Waals surface area contributed by atoms with Crippen LogP contribution in [0.2, 0.25) is 0 Å². The van der Waals surface area contributed by atoms with Gasteiger partial charge in [0.25, 0.3) is 5.69 Å². The molecular formula is C12H17N3O5S. The van der Waals surface area contributed by atoms with Crippen LogP contribution in [0.25, 0.3) is 0 Å². The maximum absolute atomic E-state index is 12.2. The molecule has 21 heavy (non-hydrogen) atoms. The van der Waals surface area contributed by atoms with Crippen LogP contribution >= 0.6 is 0 Å². The molecule has 0 aliphatic carbocycles. The normalized spacial score (nSPS) is 18.6. The van der Waals surface area contributed by atoms with Crippen LogP contribution in [0.3, 0.4) is 0 Å². The van der Waals surface area contributed by atoms with E-state index >= 15 is 0 Å². The Labute approximate surface area is 122 Å². The highest BCUT2D eigenvalue weighted by Gasteiger charge is 2.22. The quantitative estimate of drug-likeness (QED) is 0.600. The van der Waals surface area contributed by atoms with E-state index in [-0.39, 0.29) is 28.9 Å². The molecule has 1 fully saturated rings. The van der Waals surface area contributed by atoms with Gasteiger partial charge in [0.15, 0.2) is 0 Å². The van der Waals surface area contributed by atoms with E-state index in [0.29, 0.717) is 6.61 Å². The second kappa shape index (κ2) is 6.37. The zero-order valence-electron chi connectivity index (χ0n) is 11.5. The molecule has 0 radical (unpaired) electrons. The van der Waals surface area contributed by atoms with Crippen LogP contribution in [0.4, 0.5) is 11.4 Å². The van der Waals surface area contributed by atoms with Crippen LogP contribution in [-0.4, -0.2) is 39.6 Å². The van der Waals surface area contributed by atoms with E-state index in [4.69, 9.17) is 4.74 Å². The van der Waals surface area contributed by atoms with Gasteiger partial charge in [0.2, 0.25) is 10.0 Å². The van der Waals surface area contributed by atoms with Crippen molar-refractivity contribution in [3.8, 4) is 0 Å². The van der Waals surface area contributed by atoms with E-state index in [1.807, 2.05) is 0 Å². The van der Waals surface area contributed by atoms with E-state index in [1.165, 1.54) is 25.2 Å². The Morgan fingerprint density at radius 2 is 2.24 bits per heavy atom. The Morgan fingerprint density at radius 1 is 1.48 bits per heavy atom. The molecule has 0 bridgehead atoms. The Bertz CT molecular complexity index is 626. The van der Waals surface area contributed by atoms with Crippen LogP contribution < -0.4 is 10.0 Å². The summed E-state index contributed by atoms with van der Waals surface area (Å²) in [7, 11) is -2.22. The van der Waals surface area contributed by atoms with Crippen LogP contribution in [0.5, 0.6) is 0 Å². The lowest BCUT2D eigenvalue weighted by Crippen LogP contribution is -2.31. The lowest BCUT2D eigenvalue weighted by Gasteiger charge is -2.12. The number of rotatable bonds is 6. The van der Waals surface area contributed by atoms with Gasteiger partial charge in [-0.25, -0.2) is 13.1 Å². The summed E-state index contributed by atoms with van der Waals surface area (Å²) in [6.45, 7) is 0.849. The predicted octanol–water partition coefficient (Wildman–Crippen LogP) is 1.09. The second-order valence-electron chi connectivity index (χ2n) is 4.67. The van der Waals surface area contributed by atoms with E-state index in [2.05, 4.69) is 10.0 Å². The lowest BCUT2D eigenvalue weighted by atomic mass is 10.2. The van der Waals surface area contributed by atoms with Crippen molar-refractivity contribution in [2.45, 2.75) is 23.8 Å². The highest BCUT2D eigenvalue weighted by Crippen LogP contribution is 2.26. The van der Waals surface area contributed by atoms with Gasteiger partial charge in [-0.15, -0.1) is 0 Å². The first-order valence-electron chi connectivity index (χ1n) is 6.51. The molecule has 1 heterocycles. The smallest absolute Gasteiger partial charge is 0.292 e. The van der Waals surface area contributed by atoms with Crippen molar-refractivity contribution in [2.75, 3.05) is 25.5 Å². The van der Waals surface area contributed by atoms with Gasteiger partial charge >= 0.3 is 0 Å². The lowest BCUT2D eigenvalue weighted by molar-refractivity contribution is -0.384. The molecular weight excluding hydrogens is 298 g/mol. The van der Waals surface area contributed by atoms with Gasteiger partial charge in [0, 0.05) is 26.3 Å². The first kappa shape index (κ1) is 15.7. The molecule has 1 atom stereocenters. The number of benzene rings is 1. The first-order valence-corrected chi connectivity index (χ1v) is 8.00. The monoisotopic (exact) mass is 315 g/mol. The molecule has 9 heteroatoms. The predicted molar refractivity (Wildman–Crippen MR) is 76.8 cm³/mol. The fourth-order valence-electron chi connectivity index (χ4n) is 2.13. The molecule has 0 spiro atoms. The van der Waals surface area contributed by atoms with Crippen LogP contribution in [0, 0.1) is 10.1 Å². The number of hydrogen-bond acceptors (Lipinski definition) is 6. The molecule has 1 aliphatic heterocycles. The summed E-state index contributed by atoms with van der Waals surface area (Å²) in [4.78, 5) is 10.2. The Hall–Kier alpha value is -1.71. The van der Waals surface area contributed by atoms with Gasteiger partial charge in [-0.2, -0.15) is 0 Å². The standard InChI is InChI=1S/C12H17N3O5S/c1-13-11-7-10(4-5-12(11)15(16)17)21(18,19)14-8-9-3-2-6-20-9/h4-5,7,9,13-14H,2-3,6,8H2,1H3. The van der Waals surface area contributed by atoms with Crippen LogP contribution in [0.15, 0.2) is 23.1 Å². The van der Waals surface area contributed by atoms with Crippen molar-refractivity contribution in [3.63, 3.8) is 0 Å². The highest BCUT2D eigenvalue weighted by molar-refractivity contribution is 7.89. The van der Waals surface area contributed by atoms with E-state index in [9.17, 15) is 18.5 Å². The average molecular weight is 315 g/mol. The molecule has 1 unspecified atom stereocenters. The maximum Gasteiger partial charge on any atom is 0.292 e.